The molecule has 2 aromatic heterocycles. The Bertz CT molecular complexity index is 553. The Labute approximate surface area is 117 Å². The lowest BCUT2D eigenvalue weighted by Crippen LogP contribution is -2.18. The van der Waals surface area contributed by atoms with Crippen molar-refractivity contribution in [3.8, 4) is 5.75 Å². The van der Waals surface area contributed by atoms with Crippen LogP contribution in [-0.2, 0) is 6.54 Å². The van der Waals surface area contributed by atoms with Crippen molar-refractivity contribution in [2.45, 2.75) is 33.4 Å². The SMILES string of the molecule is COc1cc(C)nc(CNC(C)c2ncc(C)s2)c1. The number of ether oxygens (including phenoxy) is 1. The summed E-state index contributed by atoms with van der Waals surface area (Å²) in [4.78, 5) is 10.1. The molecule has 0 aliphatic carbocycles. The van der Waals surface area contributed by atoms with Gasteiger partial charge in [0.05, 0.1) is 18.8 Å². The van der Waals surface area contributed by atoms with E-state index in [-0.39, 0.29) is 6.04 Å². The second-order valence-corrected chi connectivity index (χ2v) is 5.82. The van der Waals surface area contributed by atoms with E-state index in [1.165, 1.54) is 4.88 Å². The number of hydrogen-bond donors (Lipinski definition) is 1. The average molecular weight is 277 g/mol. The van der Waals surface area contributed by atoms with E-state index in [0.29, 0.717) is 6.54 Å². The minimum absolute atomic E-state index is 0.229. The quantitative estimate of drug-likeness (QED) is 0.912. The minimum Gasteiger partial charge on any atom is -0.497 e. The van der Waals surface area contributed by atoms with Gasteiger partial charge in [0.2, 0.25) is 0 Å². The third-order valence-electron chi connectivity index (χ3n) is 2.81. The van der Waals surface area contributed by atoms with Gasteiger partial charge in [0.15, 0.2) is 0 Å². The number of nitrogens with zero attached hydrogens (tertiary/aromatic N) is 2. The van der Waals surface area contributed by atoms with Crippen molar-refractivity contribution in [2.75, 3.05) is 7.11 Å². The minimum atomic E-state index is 0.229. The molecule has 2 rings (SSSR count). The molecule has 0 saturated heterocycles. The molecule has 0 fully saturated rings. The first kappa shape index (κ1) is 14.0. The van der Waals surface area contributed by atoms with Gasteiger partial charge in [-0.3, -0.25) is 4.98 Å². The summed E-state index contributed by atoms with van der Waals surface area (Å²) in [7, 11) is 1.67. The lowest BCUT2D eigenvalue weighted by atomic mass is 10.2. The highest BCUT2D eigenvalue weighted by atomic mass is 32.1. The topological polar surface area (TPSA) is 47.0 Å². The van der Waals surface area contributed by atoms with Gasteiger partial charge in [-0.15, -0.1) is 11.3 Å². The summed E-state index contributed by atoms with van der Waals surface area (Å²) in [5, 5.41) is 4.55. The van der Waals surface area contributed by atoms with Crippen molar-refractivity contribution in [1.82, 2.24) is 15.3 Å². The number of nitrogens with one attached hydrogen (secondary N) is 1. The van der Waals surface area contributed by atoms with Crippen LogP contribution in [0.25, 0.3) is 0 Å². The molecule has 1 N–H and O–H groups in total. The summed E-state index contributed by atoms with van der Waals surface area (Å²) < 4.78 is 5.25. The highest BCUT2D eigenvalue weighted by Crippen LogP contribution is 2.20. The van der Waals surface area contributed by atoms with E-state index < -0.39 is 0 Å². The van der Waals surface area contributed by atoms with Gasteiger partial charge in [-0.2, -0.15) is 0 Å². The first-order valence-electron chi connectivity index (χ1n) is 6.25. The number of aryl methyl sites for hydroxylation is 2. The lowest BCUT2D eigenvalue weighted by Gasteiger charge is -2.11. The molecule has 0 amide bonds. The summed E-state index contributed by atoms with van der Waals surface area (Å²) in [5.41, 5.74) is 1.95. The van der Waals surface area contributed by atoms with E-state index in [2.05, 4.69) is 29.1 Å². The summed E-state index contributed by atoms with van der Waals surface area (Å²) in [5.74, 6) is 0.849. The number of thiazole rings is 1. The normalized spacial score (nSPS) is 12.4. The van der Waals surface area contributed by atoms with Crippen LogP contribution in [0.1, 0.15) is 34.2 Å². The molecule has 0 spiro atoms. The van der Waals surface area contributed by atoms with Gasteiger partial charge in [-0.25, -0.2) is 4.98 Å². The van der Waals surface area contributed by atoms with Crippen LogP contribution in [0.3, 0.4) is 0 Å². The summed E-state index contributed by atoms with van der Waals surface area (Å²) >= 11 is 1.72. The molecule has 0 radical (unpaired) electrons. The van der Waals surface area contributed by atoms with Crippen molar-refractivity contribution in [1.29, 1.82) is 0 Å². The van der Waals surface area contributed by atoms with Crippen molar-refractivity contribution >= 4 is 11.3 Å². The van der Waals surface area contributed by atoms with Crippen LogP contribution in [0.2, 0.25) is 0 Å². The summed E-state index contributed by atoms with van der Waals surface area (Å²) in [6.07, 6.45) is 1.91. The van der Waals surface area contributed by atoms with Crippen molar-refractivity contribution in [2.24, 2.45) is 0 Å². The number of aromatic nitrogens is 2. The zero-order valence-corrected chi connectivity index (χ0v) is 12.5. The van der Waals surface area contributed by atoms with Crippen LogP contribution in [0, 0.1) is 13.8 Å². The second-order valence-electron chi connectivity index (χ2n) is 4.55. The van der Waals surface area contributed by atoms with Gasteiger partial charge in [-0.1, -0.05) is 0 Å². The van der Waals surface area contributed by atoms with Crippen LogP contribution in [0.4, 0.5) is 0 Å². The maximum atomic E-state index is 5.25. The molecule has 102 valence electrons. The van der Waals surface area contributed by atoms with E-state index in [1.54, 1.807) is 18.4 Å². The second kappa shape index (κ2) is 6.12. The molecule has 2 aromatic rings. The van der Waals surface area contributed by atoms with Crippen molar-refractivity contribution < 1.29 is 4.74 Å². The fraction of sp³-hybridized carbons (Fsp3) is 0.429. The number of methoxy groups -OCH3 is 1. The molecular formula is C14H19N3OS. The predicted molar refractivity (Wildman–Crippen MR) is 77.6 cm³/mol. The monoisotopic (exact) mass is 277 g/mol. The first-order chi connectivity index (χ1) is 9.08. The van der Waals surface area contributed by atoms with Gasteiger partial charge in [0.1, 0.15) is 10.8 Å². The Kier molecular flexibility index (Phi) is 4.50. The molecule has 0 aromatic carbocycles. The molecule has 5 heteroatoms. The highest BCUT2D eigenvalue weighted by molar-refractivity contribution is 7.11. The van der Waals surface area contributed by atoms with Gasteiger partial charge >= 0.3 is 0 Å². The zero-order chi connectivity index (χ0) is 13.8. The maximum Gasteiger partial charge on any atom is 0.122 e. The number of rotatable bonds is 5. The first-order valence-corrected chi connectivity index (χ1v) is 7.07. The van der Waals surface area contributed by atoms with Crippen LogP contribution in [0.5, 0.6) is 5.75 Å². The smallest absolute Gasteiger partial charge is 0.122 e. The van der Waals surface area contributed by atoms with E-state index in [4.69, 9.17) is 4.74 Å². The Balaban J connectivity index is 2.00. The van der Waals surface area contributed by atoms with Crippen LogP contribution in [-0.4, -0.2) is 17.1 Å². The third-order valence-corrected chi connectivity index (χ3v) is 3.91. The molecule has 4 nitrogen and oxygen atoms in total. The van der Waals surface area contributed by atoms with E-state index >= 15 is 0 Å². The molecule has 2 heterocycles. The molecule has 0 aliphatic heterocycles. The van der Waals surface area contributed by atoms with Gasteiger partial charge in [0, 0.05) is 35.4 Å². The molecule has 0 saturated carbocycles. The van der Waals surface area contributed by atoms with Crippen molar-refractivity contribution in [3.63, 3.8) is 0 Å². The number of pyridine rings is 1. The Hall–Kier alpha value is -1.46. The van der Waals surface area contributed by atoms with E-state index in [0.717, 1.165) is 22.1 Å². The standard InChI is InChI=1S/C14H19N3OS/c1-9-5-13(18-4)6-12(17-9)8-15-11(3)14-16-7-10(2)19-14/h5-7,11,15H,8H2,1-4H3. The largest absolute Gasteiger partial charge is 0.497 e. The molecular weight excluding hydrogens is 258 g/mol. The van der Waals surface area contributed by atoms with Gasteiger partial charge in [-0.05, 0) is 20.8 Å². The van der Waals surface area contributed by atoms with Gasteiger partial charge in [0.25, 0.3) is 0 Å². The Morgan fingerprint density at radius 3 is 2.79 bits per heavy atom. The van der Waals surface area contributed by atoms with E-state index in [1.807, 2.05) is 25.3 Å². The fourth-order valence-corrected chi connectivity index (χ4v) is 2.63. The third kappa shape index (κ3) is 3.75. The van der Waals surface area contributed by atoms with Crippen molar-refractivity contribution in [3.05, 3.63) is 39.6 Å². The molecule has 0 bridgehead atoms. The molecule has 19 heavy (non-hydrogen) atoms. The molecule has 1 unspecified atom stereocenters. The van der Waals surface area contributed by atoms with Gasteiger partial charge < -0.3 is 10.1 Å². The summed E-state index contributed by atoms with van der Waals surface area (Å²) in [6.45, 7) is 6.86. The average Bonchev–Trinajstić information content (AvgIpc) is 2.82. The molecule has 1 atom stereocenters. The zero-order valence-electron chi connectivity index (χ0n) is 11.7. The summed E-state index contributed by atoms with van der Waals surface area (Å²) in [6, 6.07) is 4.11. The van der Waals surface area contributed by atoms with Crippen LogP contribution >= 0.6 is 11.3 Å². The lowest BCUT2D eigenvalue weighted by molar-refractivity contribution is 0.412. The number of hydrogen-bond acceptors (Lipinski definition) is 5. The highest BCUT2D eigenvalue weighted by Gasteiger charge is 2.09. The Morgan fingerprint density at radius 2 is 2.16 bits per heavy atom. The van der Waals surface area contributed by atoms with Crippen LogP contribution in [0.15, 0.2) is 18.3 Å². The van der Waals surface area contributed by atoms with Crippen LogP contribution < -0.4 is 10.1 Å². The molecule has 0 aliphatic rings. The Morgan fingerprint density at radius 1 is 1.37 bits per heavy atom. The fourth-order valence-electron chi connectivity index (χ4n) is 1.83. The predicted octanol–water partition coefficient (Wildman–Crippen LogP) is 3.01. The van der Waals surface area contributed by atoms with E-state index in [9.17, 15) is 0 Å². The maximum absolute atomic E-state index is 5.25.